The second-order valence-electron chi connectivity index (χ2n) is 5.77. The number of hydrogen-bond donors (Lipinski definition) is 1. The van der Waals surface area contributed by atoms with Crippen LogP contribution >= 0.6 is 11.3 Å². The average molecular weight is 320 g/mol. The van der Waals surface area contributed by atoms with E-state index in [2.05, 4.69) is 0 Å². The summed E-state index contributed by atoms with van der Waals surface area (Å²) in [7, 11) is -1.14. The lowest BCUT2D eigenvalue weighted by Gasteiger charge is -2.32. The van der Waals surface area contributed by atoms with E-state index >= 15 is 0 Å². The Bertz CT molecular complexity index is 903. The quantitative estimate of drug-likeness (QED) is 0.847. The van der Waals surface area contributed by atoms with E-state index in [9.17, 15) is 5.11 Å². The smallest absolute Gasteiger partial charge is 0.399 e. The molecule has 0 radical (unpaired) electrons. The Kier molecular flexibility index (Phi) is 1.73. The van der Waals surface area contributed by atoms with Gasteiger partial charge in [-0.15, -0.1) is 11.3 Å². The lowest BCUT2D eigenvalue weighted by molar-refractivity contribution is 0.00578. The highest BCUT2D eigenvalue weighted by Crippen LogP contribution is 2.37. The van der Waals surface area contributed by atoms with Crippen LogP contribution in [0.2, 0.25) is 0 Å². The summed E-state index contributed by atoms with van der Waals surface area (Å²) in [6.07, 6.45) is -11.1. The molecule has 0 unspecified atom stereocenters. The topological polar surface area (TPSA) is 41.9 Å². The van der Waals surface area contributed by atoms with Crippen molar-refractivity contribution in [2.24, 2.45) is 0 Å². The van der Waals surface area contributed by atoms with Crippen LogP contribution in [0.3, 0.4) is 0 Å². The minimum atomic E-state index is -3.80. The van der Waals surface area contributed by atoms with E-state index in [4.69, 9.17) is 24.4 Å². The zero-order chi connectivity index (χ0) is 25.1. The van der Waals surface area contributed by atoms with Crippen molar-refractivity contribution >= 4 is 28.2 Å². The van der Waals surface area contributed by atoms with Gasteiger partial charge in [0.1, 0.15) is 0 Å². The molecule has 0 aliphatic carbocycles. The molecule has 6 heteroatoms. The van der Waals surface area contributed by atoms with Crippen molar-refractivity contribution in [3.8, 4) is 0 Å². The molecule has 2 aliphatic rings. The molecule has 0 aromatic carbocycles. The van der Waals surface area contributed by atoms with Gasteiger partial charge in [-0.2, -0.15) is 0 Å². The Morgan fingerprint density at radius 3 is 2.48 bits per heavy atom. The van der Waals surface area contributed by atoms with Crippen LogP contribution in [0, 0.1) is 0 Å². The molecule has 0 spiro atoms. The van der Waals surface area contributed by atoms with Gasteiger partial charge < -0.3 is 19.3 Å². The Morgan fingerprint density at radius 2 is 1.90 bits per heavy atom. The fraction of sp³-hybridized carbons (Fsp3) is 0.733. The molecule has 2 aliphatic heterocycles. The number of anilines is 1. The van der Waals surface area contributed by atoms with Crippen molar-refractivity contribution in [3.63, 3.8) is 0 Å². The predicted molar refractivity (Wildman–Crippen MR) is 87.5 cm³/mol. The molecular weight excluding hydrogens is 285 g/mol. The summed E-state index contributed by atoms with van der Waals surface area (Å²) in [4.78, 5) is 0.0722. The maximum Gasteiger partial charge on any atom is 0.505 e. The van der Waals surface area contributed by atoms with Crippen molar-refractivity contribution < 1.29 is 29.5 Å². The largest absolute Gasteiger partial charge is 0.505 e. The number of aliphatic hydroxyl groups is 1. The van der Waals surface area contributed by atoms with Crippen LogP contribution in [0.5, 0.6) is 0 Å². The number of hydrogen-bond acceptors (Lipinski definition) is 5. The summed E-state index contributed by atoms with van der Waals surface area (Å²) >= 11 is 0.542. The second kappa shape index (κ2) is 5.27. The third-order valence-electron chi connectivity index (χ3n) is 3.74. The third-order valence-corrected chi connectivity index (χ3v) is 4.73. The maximum atomic E-state index is 10.3. The molecule has 0 amide bonds. The van der Waals surface area contributed by atoms with Crippen LogP contribution in [0.15, 0.2) is 12.1 Å². The molecule has 1 N–H and O–H groups in total. The fourth-order valence-electron chi connectivity index (χ4n) is 1.81. The molecule has 4 nitrogen and oxygen atoms in total. The highest BCUT2D eigenvalue weighted by Gasteiger charge is 2.52. The van der Waals surface area contributed by atoms with Gasteiger partial charge in [0.25, 0.3) is 0 Å². The van der Waals surface area contributed by atoms with E-state index in [-0.39, 0.29) is 9.68 Å². The molecule has 0 bridgehead atoms. The van der Waals surface area contributed by atoms with E-state index in [1.54, 1.807) is 27.7 Å². The van der Waals surface area contributed by atoms with Crippen molar-refractivity contribution in [1.82, 2.24) is 0 Å². The van der Waals surface area contributed by atoms with E-state index in [0.29, 0.717) is 11.3 Å². The van der Waals surface area contributed by atoms with Crippen molar-refractivity contribution in [1.29, 1.82) is 0 Å². The standard InChI is InChI=1S/C15H24BNO3S/c1-14(2)15(3,4)20-16(19-14)12-5-6-13(21-12)17-9-7-11(18)8-10-17/h5-6,11,18H,7-10H2,1-4H3/i5D,6D,7D2,8D2,9D2,10D2,11D. The minimum absolute atomic E-state index is 0.00285. The van der Waals surface area contributed by atoms with Gasteiger partial charge in [0.2, 0.25) is 0 Å². The molecule has 3 rings (SSSR count). The van der Waals surface area contributed by atoms with E-state index in [1.165, 1.54) is 0 Å². The van der Waals surface area contributed by atoms with Crippen LogP contribution < -0.4 is 9.68 Å². The van der Waals surface area contributed by atoms with Crippen molar-refractivity contribution in [3.05, 3.63) is 12.1 Å². The van der Waals surface area contributed by atoms with Gasteiger partial charge in [-0.3, -0.25) is 0 Å². The number of thiophene rings is 1. The lowest BCUT2D eigenvalue weighted by Crippen LogP contribution is -2.41. The van der Waals surface area contributed by atoms with Crippen LogP contribution in [0.4, 0.5) is 5.00 Å². The SMILES string of the molecule is [2H]c1c(B2OC(C)(C)C(C)(C)O2)sc(N2C([2H])([2H])C([2H])([2H])C([2H])(O)C([2H])([2H])C2([2H])[2H])c1[2H]. The van der Waals surface area contributed by atoms with E-state index < -0.39 is 67.2 Å². The molecule has 0 saturated carbocycles. The first-order valence-electron chi connectivity index (χ1n) is 12.0. The summed E-state index contributed by atoms with van der Waals surface area (Å²) in [6.45, 7) is 0.0803. The fourth-order valence-corrected chi connectivity index (χ4v) is 2.59. The molecule has 2 fully saturated rings. The van der Waals surface area contributed by atoms with Crippen LogP contribution in [0.25, 0.3) is 0 Å². The van der Waals surface area contributed by atoms with Crippen LogP contribution in [0.1, 0.15) is 55.5 Å². The van der Waals surface area contributed by atoms with Crippen LogP contribution in [-0.4, -0.2) is 42.5 Å². The average Bonchev–Trinajstić information content (AvgIpc) is 2.99. The molecule has 2 saturated heterocycles. The van der Waals surface area contributed by atoms with Gasteiger partial charge in [-0.25, -0.2) is 0 Å². The summed E-state index contributed by atoms with van der Waals surface area (Å²) in [5.41, 5.74) is -1.61. The zero-order valence-corrected chi connectivity index (χ0v) is 13.0. The Labute approximate surface area is 146 Å². The van der Waals surface area contributed by atoms with Crippen molar-refractivity contribution in [2.75, 3.05) is 17.9 Å². The summed E-state index contributed by atoms with van der Waals surface area (Å²) in [5.74, 6) is 0. The Balaban J connectivity index is 2.21. The number of rotatable bonds is 2. The Hall–Kier alpha value is -0.555. The Morgan fingerprint density at radius 1 is 1.33 bits per heavy atom. The lowest BCUT2D eigenvalue weighted by atomic mass is 9.88. The zero-order valence-electron chi connectivity index (χ0n) is 23.2. The molecule has 1 aromatic heterocycles. The first-order chi connectivity index (χ1) is 14.0. The first kappa shape index (κ1) is 6.91. The van der Waals surface area contributed by atoms with Gasteiger partial charge >= 0.3 is 7.12 Å². The maximum absolute atomic E-state index is 10.3. The van der Waals surface area contributed by atoms with Crippen molar-refractivity contribution in [2.45, 2.75) is 57.7 Å². The third kappa shape index (κ3) is 2.87. The molecule has 1 aromatic rings. The van der Waals surface area contributed by atoms with Gasteiger partial charge in [-0.05, 0) is 52.5 Å². The normalized spacial score (nSPS) is 44.3. The van der Waals surface area contributed by atoms with E-state index in [0.717, 1.165) is 0 Å². The van der Waals surface area contributed by atoms with Crippen LogP contribution in [-0.2, 0) is 9.31 Å². The minimum Gasteiger partial charge on any atom is -0.399 e. The number of piperidine rings is 1. The summed E-state index contributed by atoms with van der Waals surface area (Å²) in [6, 6.07) is -1.16. The van der Waals surface area contributed by atoms with E-state index in [1.807, 2.05) is 0 Å². The highest BCUT2D eigenvalue weighted by molar-refractivity contribution is 7.25. The van der Waals surface area contributed by atoms with Gasteiger partial charge in [0.05, 0.1) is 26.4 Å². The highest BCUT2D eigenvalue weighted by atomic mass is 32.1. The molecular formula is C15H24BNO3S. The molecule has 116 valence electrons. The predicted octanol–water partition coefficient (Wildman–Crippen LogP) is 2.01. The molecule has 3 heterocycles. The molecule has 0 atom stereocenters. The van der Waals surface area contributed by atoms with Gasteiger partial charge in [-0.1, -0.05) is 0 Å². The van der Waals surface area contributed by atoms with Gasteiger partial charge in [0, 0.05) is 28.7 Å². The monoisotopic (exact) mass is 320 g/mol. The second-order valence-corrected chi connectivity index (χ2v) is 6.80. The summed E-state index contributed by atoms with van der Waals surface area (Å²) < 4.78 is 101. The number of nitrogens with zero attached hydrogens (tertiary/aromatic N) is 1. The summed E-state index contributed by atoms with van der Waals surface area (Å²) in [5, 5.41) is 9.69. The first-order valence-corrected chi connectivity index (χ1v) is 7.29. The molecule has 21 heavy (non-hydrogen) atoms. The van der Waals surface area contributed by atoms with Gasteiger partial charge in [0.15, 0.2) is 0 Å².